The molecule has 1 aliphatic rings. The van der Waals surface area contributed by atoms with Gasteiger partial charge in [-0.25, -0.2) is 0 Å². The fourth-order valence-electron chi connectivity index (χ4n) is 2.92. The molecule has 1 amide bonds. The van der Waals surface area contributed by atoms with E-state index in [0.717, 1.165) is 45.0 Å². The molecule has 0 radical (unpaired) electrons. The molecule has 2 rings (SSSR count). The maximum Gasteiger partial charge on any atom is 0.223 e. The number of carbonyl (C=O) groups is 1. The standard InChI is InChI=1S/C19H30N4O.HI/c1-3-4-7-12-21-19(20-2)22-13-8-11-18(24)23-14-16-9-5-6-10-17(16)15-23;/h5-6,9-10H,3-4,7-8,11-15H2,1-2H3,(H2,20,21,22);1H. The first-order valence-corrected chi connectivity index (χ1v) is 9.03. The normalized spacial score (nSPS) is 13.2. The maximum absolute atomic E-state index is 12.3. The third-order valence-corrected chi connectivity index (χ3v) is 4.35. The number of hydrogen-bond donors (Lipinski definition) is 2. The molecule has 25 heavy (non-hydrogen) atoms. The van der Waals surface area contributed by atoms with E-state index in [1.165, 1.54) is 24.0 Å². The van der Waals surface area contributed by atoms with Crippen LogP contribution in [0, 0.1) is 0 Å². The van der Waals surface area contributed by atoms with Gasteiger partial charge < -0.3 is 15.5 Å². The van der Waals surface area contributed by atoms with Crippen LogP contribution >= 0.6 is 24.0 Å². The van der Waals surface area contributed by atoms with Crippen LogP contribution in [-0.4, -0.2) is 36.9 Å². The van der Waals surface area contributed by atoms with Gasteiger partial charge in [-0.05, 0) is 24.0 Å². The van der Waals surface area contributed by atoms with E-state index in [9.17, 15) is 4.79 Å². The predicted molar refractivity (Wildman–Crippen MR) is 114 cm³/mol. The molecular formula is C19H31IN4O. The fourth-order valence-corrected chi connectivity index (χ4v) is 2.92. The molecule has 140 valence electrons. The molecule has 1 aliphatic heterocycles. The number of fused-ring (bicyclic) bond motifs is 1. The summed E-state index contributed by atoms with van der Waals surface area (Å²) < 4.78 is 0. The number of rotatable bonds is 8. The minimum absolute atomic E-state index is 0. The van der Waals surface area contributed by atoms with Gasteiger partial charge in [-0.15, -0.1) is 24.0 Å². The predicted octanol–water partition coefficient (Wildman–Crippen LogP) is 3.28. The highest BCUT2D eigenvalue weighted by molar-refractivity contribution is 14.0. The molecule has 0 atom stereocenters. The average molecular weight is 458 g/mol. The number of unbranched alkanes of at least 4 members (excludes halogenated alkanes) is 2. The minimum Gasteiger partial charge on any atom is -0.356 e. The topological polar surface area (TPSA) is 56.7 Å². The third-order valence-electron chi connectivity index (χ3n) is 4.35. The highest BCUT2D eigenvalue weighted by atomic mass is 127. The van der Waals surface area contributed by atoms with Gasteiger partial charge in [-0.2, -0.15) is 0 Å². The van der Waals surface area contributed by atoms with Crippen LogP contribution in [0.25, 0.3) is 0 Å². The Morgan fingerprint density at radius 2 is 1.68 bits per heavy atom. The lowest BCUT2D eigenvalue weighted by molar-refractivity contribution is -0.131. The minimum atomic E-state index is 0. The Balaban J connectivity index is 0.00000312. The van der Waals surface area contributed by atoms with Gasteiger partial charge in [0, 0.05) is 39.6 Å². The van der Waals surface area contributed by atoms with Gasteiger partial charge in [0.2, 0.25) is 5.91 Å². The van der Waals surface area contributed by atoms with Crippen molar-refractivity contribution in [1.82, 2.24) is 15.5 Å². The largest absolute Gasteiger partial charge is 0.356 e. The number of benzene rings is 1. The number of carbonyl (C=O) groups excluding carboxylic acids is 1. The second-order valence-electron chi connectivity index (χ2n) is 6.25. The van der Waals surface area contributed by atoms with Gasteiger partial charge in [-0.3, -0.25) is 9.79 Å². The van der Waals surface area contributed by atoms with Crippen molar-refractivity contribution in [1.29, 1.82) is 0 Å². The molecule has 0 aliphatic carbocycles. The molecule has 0 spiro atoms. The van der Waals surface area contributed by atoms with Crippen molar-refractivity contribution in [3.8, 4) is 0 Å². The maximum atomic E-state index is 12.3. The molecule has 6 heteroatoms. The fraction of sp³-hybridized carbons (Fsp3) is 0.579. The van der Waals surface area contributed by atoms with Crippen molar-refractivity contribution in [2.45, 2.75) is 52.1 Å². The molecule has 0 aromatic heterocycles. The van der Waals surface area contributed by atoms with Gasteiger partial charge >= 0.3 is 0 Å². The Bertz CT molecular complexity index is 537. The highest BCUT2D eigenvalue weighted by Gasteiger charge is 2.22. The lowest BCUT2D eigenvalue weighted by Crippen LogP contribution is -2.38. The molecule has 0 bridgehead atoms. The van der Waals surface area contributed by atoms with E-state index in [2.05, 4.69) is 34.7 Å². The molecule has 1 aromatic carbocycles. The number of guanidine groups is 1. The number of halogens is 1. The van der Waals surface area contributed by atoms with Crippen LogP contribution in [-0.2, 0) is 17.9 Å². The van der Waals surface area contributed by atoms with Crippen molar-refractivity contribution < 1.29 is 4.79 Å². The summed E-state index contributed by atoms with van der Waals surface area (Å²) >= 11 is 0. The van der Waals surface area contributed by atoms with Crippen LogP contribution in [0.5, 0.6) is 0 Å². The van der Waals surface area contributed by atoms with Crippen molar-refractivity contribution >= 4 is 35.8 Å². The van der Waals surface area contributed by atoms with Crippen molar-refractivity contribution in [2.75, 3.05) is 20.1 Å². The van der Waals surface area contributed by atoms with E-state index < -0.39 is 0 Å². The van der Waals surface area contributed by atoms with Gasteiger partial charge in [0.25, 0.3) is 0 Å². The highest BCUT2D eigenvalue weighted by Crippen LogP contribution is 2.22. The Kier molecular flexibility index (Phi) is 10.5. The first-order valence-electron chi connectivity index (χ1n) is 9.03. The first kappa shape index (κ1) is 21.7. The molecule has 2 N–H and O–H groups in total. The molecular weight excluding hydrogens is 427 g/mol. The van der Waals surface area contributed by atoms with Gasteiger partial charge in [-0.1, -0.05) is 44.0 Å². The molecule has 0 saturated carbocycles. The second kappa shape index (κ2) is 12.1. The molecule has 5 nitrogen and oxygen atoms in total. The average Bonchev–Trinajstić information content (AvgIpc) is 3.04. The molecule has 1 heterocycles. The zero-order valence-corrected chi connectivity index (χ0v) is 17.7. The van der Waals surface area contributed by atoms with Crippen molar-refractivity contribution in [3.05, 3.63) is 35.4 Å². The number of nitrogens with one attached hydrogen (secondary N) is 2. The lowest BCUT2D eigenvalue weighted by Gasteiger charge is -2.16. The third kappa shape index (κ3) is 7.22. The first-order chi connectivity index (χ1) is 11.7. The number of amides is 1. The lowest BCUT2D eigenvalue weighted by atomic mass is 10.1. The van der Waals surface area contributed by atoms with Crippen LogP contribution in [0.1, 0.15) is 50.2 Å². The Labute approximate surface area is 168 Å². The number of aliphatic imine (C=N–C) groups is 1. The summed E-state index contributed by atoms with van der Waals surface area (Å²) in [6.07, 6.45) is 5.01. The van der Waals surface area contributed by atoms with Gasteiger partial charge in [0.1, 0.15) is 0 Å². The SMILES string of the molecule is CCCCCNC(=NC)NCCCC(=O)N1Cc2ccccc2C1.I. The van der Waals surface area contributed by atoms with E-state index >= 15 is 0 Å². The van der Waals surface area contributed by atoms with Crippen LogP contribution in [0.4, 0.5) is 0 Å². The summed E-state index contributed by atoms with van der Waals surface area (Å²) in [4.78, 5) is 18.5. The summed E-state index contributed by atoms with van der Waals surface area (Å²) in [6, 6.07) is 8.29. The number of nitrogens with zero attached hydrogens (tertiary/aromatic N) is 2. The van der Waals surface area contributed by atoms with E-state index in [1.807, 2.05) is 17.0 Å². The summed E-state index contributed by atoms with van der Waals surface area (Å²) in [5.74, 6) is 1.06. The summed E-state index contributed by atoms with van der Waals surface area (Å²) in [6.45, 7) is 5.41. The van der Waals surface area contributed by atoms with E-state index in [0.29, 0.717) is 6.42 Å². The Hall–Kier alpha value is -1.31. The summed E-state index contributed by atoms with van der Waals surface area (Å²) in [7, 11) is 1.78. The molecule has 1 aromatic rings. The van der Waals surface area contributed by atoms with Crippen LogP contribution in [0.15, 0.2) is 29.3 Å². The number of hydrogen-bond acceptors (Lipinski definition) is 2. The quantitative estimate of drug-likeness (QED) is 0.272. The van der Waals surface area contributed by atoms with Crippen molar-refractivity contribution in [3.63, 3.8) is 0 Å². The molecule has 0 fully saturated rings. The van der Waals surface area contributed by atoms with E-state index in [1.54, 1.807) is 7.05 Å². The smallest absolute Gasteiger partial charge is 0.223 e. The summed E-state index contributed by atoms with van der Waals surface area (Å²) in [5.41, 5.74) is 2.56. The zero-order chi connectivity index (χ0) is 17.2. The van der Waals surface area contributed by atoms with E-state index in [-0.39, 0.29) is 29.9 Å². The second-order valence-corrected chi connectivity index (χ2v) is 6.25. The van der Waals surface area contributed by atoms with E-state index in [4.69, 9.17) is 0 Å². The van der Waals surface area contributed by atoms with Crippen LogP contribution in [0.3, 0.4) is 0 Å². The van der Waals surface area contributed by atoms with Gasteiger partial charge in [0.15, 0.2) is 5.96 Å². The van der Waals surface area contributed by atoms with Crippen LogP contribution in [0.2, 0.25) is 0 Å². The summed E-state index contributed by atoms with van der Waals surface area (Å²) in [5, 5.41) is 6.58. The van der Waals surface area contributed by atoms with Gasteiger partial charge in [0.05, 0.1) is 0 Å². The Morgan fingerprint density at radius 1 is 1.08 bits per heavy atom. The Morgan fingerprint density at radius 3 is 2.24 bits per heavy atom. The monoisotopic (exact) mass is 458 g/mol. The zero-order valence-electron chi connectivity index (χ0n) is 15.4. The van der Waals surface area contributed by atoms with Crippen LogP contribution < -0.4 is 10.6 Å². The molecule has 0 unspecified atom stereocenters. The molecule has 0 saturated heterocycles. The van der Waals surface area contributed by atoms with Crippen molar-refractivity contribution in [2.24, 2.45) is 4.99 Å².